The van der Waals surface area contributed by atoms with Crippen LogP contribution < -0.4 is 0 Å². The molecule has 1 saturated heterocycles. The van der Waals surface area contributed by atoms with E-state index in [2.05, 4.69) is 0 Å². The van der Waals surface area contributed by atoms with Crippen molar-refractivity contribution >= 4 is 11.9 Å². The molecule has 80 valence electrons. The summed E-state index contributed by atoms with van der Waals surface area (Å²) in [5.41, 5.74) is -0.769. The maximum atomic E-state index is 11.5. The van der Waals surface area contributed by atoms with E-state index in [9.17, 15) is 9.59 Å². The van der Waals surface area contributed by atoms with Crippen LogP contribution in [0.5, 0.6) is 0 Å². The number of cyclic esters (lactones) is 2. The van der Waals surface area contributed by atoms with E-state index in [1.165, 1.54) is 0 Å². The second-order valence-electron chi connectivity index (χ2n) is 4.12. The molecule has 0 saturated carbocycles. The van der Waals surface area contributed by atoms with Gasteiger partial charge in [-0.3, -0.25) is 9.59 Å². The fraction of sp³-hybridized carbons (Fsp3) is 0.800. The van der Waals surface area contributed by atoms with Crippen molar-refractivity contribution in [2.75, 3.05) is 13.2 Å². The summed E-state index contributed by atoms with van der Waals surface area (Å²) in [6.45, 7) is 4.22. The monoisotopic (exact) mass is 200 g/mol. The maximum Gasteiger partial charge on any atom is 0.312 e. The predicted molar refractivity (Wildman–Crippen MR) is 49.6 cm³/mol. The van der Waals surface area contributed by atoms with Gasteiger partial charge in [-0.15, -0.1) is 0 Å². The standard InChI is InChI=1S/C10H16O4/c1-10(2)7-8(11)13-5-3-4-6-14-9(10)12/h3-7H2,1-2H3. The molecule has 0 amide bonds. The summed E-state index contributed by atoms with van der Waals surface area (Å²) >= 11 is 0. The molecule has 0 N–H and O–H groups in total. The van der Waals surface area contributed by atoms with Crippen LogP contribution in [0.15, 0.2) is 0 Å². The van der Waals surface area contributed by atoms with E-state index in [0.29, 0.717) is 13.2 Å². The van der Waals surface area contributed by atoms with Crippen molar-refractivity contribution < 1.29 is 19.1 Å². The molecular weight excluding hydrogens is 184 g/mol. The molecule has 0 aromatic heterocycles. The average molecular weight is 200 g/mol. The van der Waals surface area contributed by atoms with Crippen molar-refractivity contribution in [3.63, 3.8) is 0 Å². The number of carbonyl (C=O) groups is 2. The Morgan fingerprint density at radius 3 is 2.29 bits per heavy atom. The Bertz CT molecular complexity index is 232. The van der Waals surface area contributed by atoms with Crippen LogP contribution in [-0.2, 0) is 19.1 Å². The molecule has 0 radical (unpaired) electrons. The minimum atomic E-state index is -0.769. The van der Waals surface area contributed by atoms with Crippen LogP contribution in [0.1, 0.15) is 33.1 Å². The average Bonchev–Trinajstić information content (AvgIpc) is 2.08. The topological polar surface area (TPSA) is 52.6 Å². The van der Waals surface area contributed by atoms with Crippen molar-refractivity contribution in [3.8, 4) is 0 Å². The summed E-state index contributed by atoms with van der Waals surface area (Å²) in [5.74, 6) is -0.648. The fourth-order valence-corrected chi connectivity index (χ4v) is 1.23. The van der Waals surface area contributed by atoms with Gasteiger partial charge in [-0.2, -0.15) is 0 Å². The van der Waals surface area contributed by atoms with Gasteiger partial charge >= 0.3 is 11.9 Å². The highest BCUT2D eigenvalue weighted by Gasteiger charge is 2.33. The molecule has 0 aromatic carbocycles. The quantitative estimate of drug-likeness (QED) is 0.553. The van der Waals surface area contributed by atoms with E-state index in [4.69, 9.17) is 9.47 Å². The number of carbonyl (C=O) groups excluding carboxylic acids is 2. The van der Waals surface area contributed by atoms with E-state index in [1.807, 2.05) is 0 Å². The Balaban J connectivity index is 2.63. The van der Waals surface area contributed by atoms with Crippen molar-refractivity contribution in [2.45, 2.75) is 33.1 Å². The Morgan fingerprint density at radius 1 is 1.07 bits per heavy atom. The first-order valence-electron chi connectivity index (χ1n) is 4.85. The predicted octanol–water partition coefficient (Wildman–Crippen LogP) is 1.28. The normalized spacial score (nSPS) is 23.6. The lowest BCUT2D eigenvalue weighted by Gasteiger charge is -2.22. The van der Waals surface area contributed by atoms with Gasteiger partial charge in [0.15, 0.2) is 0 Å². The molecule has 4 heteroatoms. The number of esters is 2. The zero-order valence-electron chi connectivity index (χ0n) is 8.67. The van der Waals surface area contributed by atoms with Crippen molar-refractivity contribution in [1.82, 2.24) is 0 Å². The molecule has 1 fully saturated rings. The van der Waals surface area contributed by atoms with Gasteiger partial charge < -0.3 is 9.47 Å². The molecule has 1 heterocycles. The highest BCUT2D eigenvalue weighted by molar-refractivity contribution is 5.82. The van der Waals surface area contributed by atoms with Gasteiger partial charge in [0.2, 0.25) is 0 Å². The Hall–Kier alpha value is -1.06. The molecule has 0 spiro atoms. The highest BCUT2D eigenvalue weighted by atomic mass is 16.5. The van der Waals surface area contributed by atoms with Gasteiger partial charge in [0.25, 0.3) is 0 Å². The second kappa shape index (κ2) is 4.44. The van der Waals surface area contributed by atoms with Crippen LogP contribution in [0.4, 0.5) is 0 Å². The first-order valence-corrected chi connectivity index (χ1v) is 4.85. The van der Waals surface area contributed by atoms with Crippen LogP contribution in [0.3, 0.4) is 0 Å². The molecule has 1 rings (SSSR count). The van der Waals surface area contributed by atoms with Crippen molar-refractivity contribution in [1.29, 1.82) is 0 Å². The van der Waals surface area contributed by atoms with E-state index in [1.54, 1.807) is 13.8 Å². The summed E-state index contributed by atoms with van der Waals surface area (Å²) in [4.78, 5) is 22.7. The van der Waals surface area contributed by atoms with Crippen LogP contribution in [0.25, 0.3) is 0 Å². The summed E-state index contributed by atoms with van der Waals surface area (Å²) < 4.78 is 9.99. The minimum Gasteiger partial charge on any atom is -0.466 e. The van der Waals surface area contributed by atoms with Gasteiger partial charge in [-0.05, 0) is 26.7 Å². The first-order chi connectivity index (χ1) is 6.52. The third kappa shape index (κ3) is 3.01. The second-order valence-corrected chi connectivity index (χ2v) is 4.12. The Morgan fingerprint density at radius 2 is 1.64 bits per heavy atom. The molecular formula is C10H16O4. The molecule has 0 atom stereocenters. The molecule has 1 aliphatic heterocycles. The Kier molecular flexibility index (Phi) is 3.49. The number of hydrogen-bond acceptors (Lipinski definition) is 4. The third-order valence-corrected chi connectivity index (χ3v) is 2.17. The first kappa shape index (κ1) is 11.0. The van der Waals surface area contributed by atoms with E-state index in [-0.39, 0.29) is 18.4 Å². The van der Waals surface area contributed by atoms with Crippen LogP contribution in [-0.4, -0.2) is 25.2 Å². The zero-order valence-corrected chi connectivity index (χ0v) is 8.67. The van der Waals surface area contributed by atoms with Gasteiger partial charge in [0, 0.05) is 0 Å². The van der Waals surface area contributed by atoms with Crippen molar-refractivity contribution in [2.24, 2.45) is 5.41 Å². The maximum absolute atomic E-state index is 11.5. The number of hydrogen-bond donors (Lipinski definition) is 0. The summed E-state index contributed by atoms with van der Waals surface area (Å²) in [5, 5.41) is 0. The Labute approximate surface area is 83.6 Å². The lowest BCUT2D eigenvalue weighted by atomic mass is 9.89. The van der Waals surface area contributed by atoms with E-state index < -0.39 is 5.41 Å². The highest BCUT2D eigenvalue weighted by Crippen LogP contribution is 2.23. The SMILES string of the molecule is CC1(C)CC(=O)OCCCCOC1=O. The largest absolute Gasteiger partial charge is 0.466 e. The minimum absolute atomic E-state index is 0.0891. The number of ether oxygens (including phenoxy) is 2. The molecule has 0 bridgehead atoms. The summed E-state index contributed by atoms with van der Waals surface area (Å²) in [7, 11) is 0. The van der Waals surface area contributed by atoms with Gasteiger partial charge in [-0.25, -0.2) is 0 Å². The van der Waals surface area contributed by atoms with Gasteiger partial charge in [-0.1, -0.05) is 0 Å². The molecule has 1 aliphatic rings. The fourth-order valence-electron chi connectivity index (χ4n) is 1.23. The molecule has 0 aliphatic carbocycles. The van der Waals surface area contributed by atoms with E-state index >= 15 is 0 Å². The van der Waals surface area contributed by atoms with Crippen LogP contribution >= 0.6 is 0 Å². The van der Waals surface area contributed by atoms with Gasteiger partial charge in [0.1, 0.15) is 0 Å². The summed E-state index contributed by atoms with van der Waals surface area (Å²) in [6.07, 6.45) is 1.58. The lowest BCUT2D eigenvalue weighted by molar-refractivity contribution is -0.162. The van der Waals surface area contributed by atoms with E-state index in [0.717, 1.165) is 12.8 Å². The number of rotatable bonds is 0. The zero-order chi connectivity index (χ0) is 10.6. The lowest BCUT2D eigenvalue weighted by Crippen LogP contribution is -2.31. The molecule has 14 heavy (non-hydrogen) atoms. The molecule has 0 unspecified atom stereocenters. The van der Waals surface area contributed by atoms with Crippen LogP contribution in [0.2, 0.25) is 0 Å². The smallest absolute Gasteiger partial charge is 0.312 e. The summed E-state index contributed by atoms with van der Waals surface area (Å²) in [6, 6.07) is 0. The molecule has 4 nitrogen and oxygen atoms in total. The molecule has 0 aromatic rings. The third-order valence-electron chi connectivity index (χ3n) is 2.17. The van der Waals surface area contributed by atoms with Crippen LogP contribution in [0, 0.1) is 5.41 Å². The van der Waals surface area contributed by atoms with Crippen molar-refractivity contribution in [3.05, 3.63) is 0 Å². The van der Waals surface area contributed by atoms with Gasteiger partial charge in [0.05, 0.1) is 25.0 Å².